The quantitative estimate of drug-likeness (QED) is 0.00858. The molecule has 4 aromatic rings. The second-order valence-corrected chi connectivity index (χ2v) is 32.0. The number of carbonyl (C=O) groups is 18. The van der Waals surface area contributed by atoms with Gasteiger partial charge in [-0.25, -0.2) is 4.79 Å². The van der Waals surface area contributed by atoms with E-state index in [1.165, 1.54) is 43.0 Å². The summed E-state index contributed by atoms with van der Waals surface area (Å²) in [6.45, 7) is 7.32. The molecule has 14 atom stereocenters. The zero-order chi connectivity index (χ0) is 93.2. The van der Waals surface area contributed by atoms with Gasteiger partial charge in [0.15, 0.2) is 5.96 Å². The molecule has 2 aliphatic rings. The third-order valence-electron chi connectivity index (χ3n) is 20.7. The van der Waals surface area contributed by atoms with E-state index in [0.717, 1.165) is 4.90 Å². The number of hydrogen-bond donors (Lipinski definition) is 24. The maximum absolute atomic E-state index is 15.1. The molecule has 126 heavy (non-hydrogen) atoms. The number of nitrogens with zero attached hydrogens (tertiary/aromatic N) is 2. The first-order chi connectivity index (χ1) is 59.7. The number of carboxylic acids is 3. The first-order valence-electron chi connectivity index (χ1n) is 41.2. The minimum absolute atomic E-state index is 0.00162. The lowest BCUT2D eigenvalue weighted by Gasteiger charge is -2.30. The number of phenols is 1. The van der Waals surface area contributed by atoms with Crippen LogP contribution in [-0.4, -0.2) is 282 Å². The Hall–Kier alpha value is -13.0. The molecule has 0 unspecified atom stereocenters. The molecule has 1 aromatic heterocycles. The van der Waals surface area contributed by atoms with Gasteiger partial charge < -0.3 is 126 Å². The largest absolute Gasteiger partial charge is 0.508 e. The van der Waals surface area contributed by atoms with E-state index in [-0.39, 0.29) is 101 Å². The number of aliphatic hydroxyl groups is 1. The number of nitrogens with two attached hydrogens (primary N) is 2. The second kappa shape index (κ2) is 50.1. The Morgan fingerprint density at radius 1 is 0.500 bits per heavy atom. The van der Waals surface area contributed by atoms with E-state index in [1.807, 2.05) is 0 Å². The minimum Gasteiger partial charge on any atom is -0.508 e. The third kappa shape index (κ3) is 32.3. The number of thiol groups is 1. The van der Waals surface area contributed by atoms with E-state index in [2.05, 4.69) is 92.0 Å². The van der Waals surface area contributed by atoms with Crippen molar-refractivity contribution in [3.63, 3.8) is 0 Å². The van der Waals surface area contributed by atoms with E-state index in [1.54, 1.807) is 88.5 Å². The fourth-order valence-corrected chi connectivity index (χ4v) is 14.3. The molecule has 25 N–H and O–H groups in total. The van der Waals surface area contributed by atoms with Crippen LogP contribution in [-0.2, 0) is 106 Å². The highest BCUT2D eigenvalue weighted by atomic mass is 32.1. The molecule has 2 aliphatic heterocycles. The summed E-state index contributed by atoms with van der Waals surface area (Å²) in [5.41, 5.74) is 12.7. The number of benzene rings is 3. The predicted molar refractivity (Wildman–Crippen MR) is 456 cm³/mol. The smallest absolute Gasteiger partial charge is 0.326 e. The van der Waals surface area contributed by atoms with E-state index >= 15 is 9.59 Å². The van der Waals surface area contributed by atoms with Crippen LogP contribution < -0.4 is 85.9 Å². The summed E-state index contributed by atoms with van der Waals surface area (Å²) in [5.74, 6) is -19.9. The molecule has 0 spiro atoms. The van der Waals surface area contributed by atoms with Crippen LogP contribution in [0.25, 0.3) is 10.9 Å². The van der Waals surface area contributed by atoms with Crippen LogP contribution in [0, 0.1) is 17.2 Å². The summed E-state index contributed by atoms with van der Waals surface area (Å²) in [7, 11) is 0. The lowest BCUT2D eigenvalue weighted by Crippen LogP contribution is -2.61. The summed E-state index contributed by atoms with van der Waals surface area (Å²) in [5, 5.41) is 92.7. The number of H-pyrrole nitrogens is 1. The van der Waals surface area contributed by atoms with Crippen molar-refractivity contribution in [3.8, 4) is 5.75 Å². The molecule has 3 aromatic carbocycles. The van der Waals surface area contributed by atoms with Crippen molar-refractivity contribution in [1.82, 2.24) is 89.2 Å². The summed E-state index contributed by atoms with van der Waals surface area (Å²) < 4.78 is 0. The fraction of sp³-hybridized carbons (Fsp3) is 0.524. The number of aromatic hydroxyl groups is 1. The molecule has 6 rings (SSSR count). The summed E-state index contributed by atoms with van der Waals surface area (Å²) >= 11 is 4.27. The zero-order valence-corrected chi connectivity index (χ0v) is 71.6. The van der Waals surface area contributed by atoms with E-state index in [9.17, 15) is 102 Å². The number of rotatable bonds is 50. The Bertz CT molecular complexity index is 4540. The Balaban J connectivity index is 1.19. The lowest BCUT2D eigenvalue weighted by atomic mass is 9.99. The predicted octanol–water partition coefficient (Wildman–Crippen LogP) is -4.48. The number of likely N-dealkylation sites (tertiary alicyclic amines) is 2. The number of carboxylic acid groups (broad SMARTS) is 3. The molecule has 3 heterocycles. The molecule has 0 bridgehead atoms. The topological polar surface area (TPSA) is 675 Å². The number of aromatic amines is 1. The minimum atomic E-state index is -1.82. The van der Waals surface area contributed by atoms with Gasteiger partial charge in [-0.2, -0.15) is 12.6 Å². The van der Waals surface area contributed by atoms with E-state index in [4.69, 9.17) is 16.9 Å². The number of hydrogen-bond acceptors (Lipinski definition) is 23. The van der Waals surface area contributed by atoms with Crippen molar-refractivity contribution < 1.29 is 112 Å². The van der Waals surface area contributed by atoms with Crippen molar-refractivity contribution in [2.75, 3.05) is 45.1 Å². The molecule has 15 amide bonds. The fourth-order valence-electron chi connectivity index (χ4n) is 14.1. The Labute approximate surface area is 731 Å². The molecule has 0 saturated carbocycles. The normalized spacial score (nSPS) is 16.4. The standard InChI is InChI=1S/C82H116N20O23S/c1-42(2)31-54(73(116)97-57(35-48-38-87-51-18-11-10-17-50(48)51)70(113)88-39-65(106)101-29-13-20-62(101)79(122)93-52(19-12-28-86-82(84)85)71(114)89-44(5)68(111)99-59(81(124)125)32-43(3)4)94-75(118)55(33-46-15-8-7-9-16-46)95-72(115)53(26-27-66(107)108)92-74(117)56(34-47-22-24-49(104)25-23-47)96-77(120)61(41-126)100-69(112)45(6)90-78(121)63-21-14-30-102(63)80(123)58(36-67(109)110)98-76(119)60(40-103)91-64(105)37-83/h7-11,15-18,22-25,38,42-45,52-63,87,103-104,126H,12-14,19-21,26-37,39-41,83H2,1-6H3,(H,88,113)(H,89,114)(H,90,121)(H,91,105)(H,92,117)(H,93,122)(H,94,118)(H,95,115)(H,96,120)(H,97,116)(H,98,119)(H,99,111)(H,100,112)(H,107,108)(H,109,110)(H,124,125)(H4,84,85,86)/t44-,45-,52-,53-,54-,55-,56-,57-,58-,59-,60-,61-,62-,63-/m0/s1. The van der Waals surface area contributed by atoms with Gasteiger partial charge in [-0.1, -0.05) is 88.4 Å². The van der Waals surface area contributed by atoms with Gasteiger partial charge in [0.2, 0.25) is 88.6 Å². The number of aliphatic carboxylic acids is 3. The van der Waals surface area contributed by atoms with E-state index in [0.29, 0.717) is 34.0 Å². The first-order valence-corrected chi connectivity index (χ1v) is 41.9. The molecule has 688 valence electrons. The summed E-state index contributed by atoms with van der Waals surface area (Å²) in [6.07, 6.45) is -0.927. The van der Waals surface area contributed by atoms with Crippen LogP contribution in [0.3, 0.4) is 0 Å². The van der Waals surface area contributed by atoms with Crippen molar-refractivity contribution in [2.24, 2.45) is 23.3 Å². The molecule has 2 saturated heterocycles. The third-order valence-corrected chi connectivity index (χ3v) is 21.0. The Kier molecular flexibility index (Phi) is 40.5. The van der Waals surface area contributed by atoms with Crippen LogP contribution in [0.1, 0.15) is 129 Å². The first kappa shape index (κ1) is 102. The molecular formula is C82H116N20O23S. The van der Waals surface area contributed by atoms with Gasteiger partial charge in [0, 0.05) is 68.2 Å². The molecule has 0 aliphatic carbocycles. The van der Waals surface area contributed by atoms with Crippen molar-refractivity contribution in [2.45, 2.75) is 216 Å². The van der Waals surface area contributed by atoms with Crippen LogP contribution in [0.4, 0.5) is 0 Å². The summed E-state index contributed by atoms with van der Waals surface area (Å²) in [6, 6.07) is -0.467. The van der Waals surface area contributed by atoms with Gasteiger partial charge in [0.1, 0.15) is 90.3 Å². The molecule has 43 nitrogen and oxygen atoms in total. The number of aromatic nitrogens is 1. The lowest BCUT2D eigenvalue weighted by molar-refractivity contribution is -0.146. The number of guanidine groups is 1. The van der Waals surface area contributed by atoms with Gasteiger partial charge in [-0.15, -0.1) is 0 Å². The van der Waals surface area contributed by atoms with Crippen LogP contribution in [0.2, 0.25) is 0 Å². The average molecular weight is 1780 g/mol. The summed E-state index contributed by atoms with van der Waals surface area (Å²) in [4.78, 5) is 253. The number of fused-ring (bicyclic) bond motifs is 1. The highest BCUT2D eigenvalue weighted by Gasteiger charge is 2.43. The Morgan fingerprint density at radius 2 is 0.976 bits per heavy atom. The molecule has 2 fully saturated rings. The number of aliphatic hydroxyl groups excluding tert-OH is 1. The number of phenolic OH excluding ortho intramolecular Hbond substituents is 1. The second-order valence-electron chi connectivity index (χ2n) is 31.6. The highest BCUT2D eigenvalue weighted by Crippen LogP contribution is 2.24. The number of carbonyl (C=O) groups excluding carboxylic acids is 15. The van der Waals surface area contributed by atoms with Crippen LogP contribution >= 0.6 is 12.6 Å². The average Bonchev–Trinajstić information content (AvgIpc) is 1.66. The molecular weight excluding hydrogens is 1670 g/mol. The SMILES string of the molecule is CC(C)C[C@H](NC(=O)[C@H](C)NC(=O)[C@H](CCCNC(=N)N)NC(=O)[C@@H]1CCCN1C(=O)CNC(=O)[C@H](Cc1c[nH]c2ccccc12)NC(=O)[C@H](CC(C)C)NC(=O)[C@H](Cc1ccccc1)NC(=O)[C@H](CCC(=O)O)NC(=O)[C@H](Cc1ccc(O)cc1)NC(=O)[C@H](CS)NC(=O)[C@H](C)NC(=O)[C@@H]1CCCN1C(=O)[C@H](CC(=O)O)NC(=O)[C@H](CO)NC(=O)CN)C(=O)O. The van der Waals surface area contributed by atoms with Crippen molar-refractivity contribution in [3.05, 3.63) is 102 Å². The number of para-hydroxylation sites is 1. The van der Waals surface area contributed by atoms with Gasteiger partial charge in [0.25, 0.3) is 0 Å². The number of nitrogens with one attached hydrogen (secondary N) is 16. The van der Waals surface area contributed by atoms with E-state index < -0.39 is 242 Å². The monoisotopic (exact) mass is 1780 g/mol. The number of amides is 15. The van der Waals surface area contributed by atoms with Crippen LogP contribution in [0.15, 0.2) is 85.1 Å². The van der Waals surface area contributed by atoms with Crippen molar-refractivity contribution in [1.29, 1.82) is 5.41 Å². The molecule has 0 radical (unpaired) electrons. The van der Waals surface area contributed by atoms with Crippen molar-refractivity contribution >= 4 is 136 Å². The zero-order valence-electron chi connectivity index (χ0n) is 70.8. The highest BCUT2D eigenvalue weighted by molar-refractivity contribution is 7.80. The maximum Gasteiger partial charge on any atom is 0.326 e. The van der Waals surface area contributed by atoms with Gasteiger partial charge >= 0.3 is 17.9 Å². The maximum atomic E-state index is 15.1. The van der Waals surface area contributed by atoms with Gasteiger partial charge in [-0.3, -0.25) is 86.9 Å². The Morgan fingerprint density at radius 3 is 1.55 bits per heavy atom. The van der Waals surface area contributed by atoms with Crippen LogP contribution in [0.5, 0.6) is 5.75 Å². The van der Waals surface area contributed by atoms with Gasteiger partial charge in [-0.05, 0) is 118 Å². The van der Waals surface area contributed by atoms with Gasteiger partial charge in [0.05, 0.1) is 26.1 Å². The molecule has 44 heteroatoms.